The number of fused-ring (bicyclic) bond motifs is 13. The van der Waals surface area contributed by atoms with Crippen molar-refractivity contribution < 1.29 is 8.83 Å². The van der Waals surface area contributed by atoms with Crippen LogP contribution in [0.25, 0.3) is 110 Å². The minimum absolute atomic E-state index is 0.797. The molecule has 1 aliphatic carbocycles. The molecule has 0 unspecified atom stereocenters. The van der Waals surface area contributed by atoms with Crippen LogP contribution in [0.4, 0.5) is 34.1 Å². The number of hydrogen-bond donors (Lipinski definition) is 0. The summed E-state index contributed by atoms with van der Waals surface area (Å²) in [5.41, 5.74) is 20.9. The van der Waals surface area contributed by atoms with Crippen LogP contribution in [0.15, 0.2) is 415 Å². The smallest absolute Gasteiger partial charge is 0.179 e. The van der Waals surface area contributed by atoms with Crippen LogP contribution in [0.5, 0.6) is 0 Å². The van der Waals surface area contributed by atoms with E-state index in [1.165, 1.54) is 37.4 Å². The highest BCUT2D eigenvalue weighted by atomic mass is 28.3. The highest BCUT2D eigenvalue weighted by molar-refractivity contribution is 7.20. The fourth-order valence-electron chi connectivity index (χ4n) is 18.3. The topological polar surface area (TPSA) is 32.8 Å². The third-order valence-electron chi connectivity index (χ3n) is 23.0. The van der Waals surface area contributed by atoms with Crippen LogP contribution in [0.3, 0.4) is 0 Å². The van der Waals surface area contributed by atoms with Crippen LogP contribution in [0.2, 0.25) is 0 Å². The van der Waals surface area contributed by atoms with Crippen LogP contribution >= 0.6 is 0 Å². The van der Waals surface area contributed by atoms with Crippen LogP contribution in [-0.4, -0.2) is 8.07 Å². The fourth-order valence-corrected chi connectivity index (χ4v) is 23.1. The zero-order chi connectivity index (χ0) is 72.2. The second-order valence-corrected chi connectivity index (χ2v) is 32.8. The summed E-state index contributed by atoms with van der Waals surface area (Å²) in [6, 6.07) is 151. The van der Waals surface area contributed by atoms with E-state index in [0.717, 1.165) is 155 Å². The summed E-state index contributed by atoms with van der Waals surface area (Å²) in [6.07, 6.45) is 0. The Morgan fingerprint density at radius 2 is 0.679 bits per heavy atom. The molecule has 0 saturated heterocycles. The molecular formula is C104H70N2O2Si. The highest BCUT2D eigenvalue weighted by Gasteiger charge is 2.49. The molecular weight excluding hydrogens is 1340 g/mol. The first-order chi connectivity index (χ1) is 54.0. The van der Waals surface area contributed by atoms with Crippen molar-refractivity contribution >= 4 is 139 Å². The van der Waals surface area contributed by atoms with E-state index in [-0.39, 0.29) is 0 Å². The first-order valence-corrected chi connectivity index (χ1v) is 39.6. The molecule has 20 aromatic rings. The Bertz CT molecular complexity index is 6800. The second-order valence-electron chi connectivity index (χ2n) is 29.0. The molecule has 0 bridgehead atoms. The number of nitrogens with zero attached hydrogens (tertiary/aromatic N) is 2. The van der Waals surface area contributed by atoms with E-state index in [0.29, 0.717) is 0 Å². The molecule has 0 spiro atoms. The lowest BCUT2D eigenvalue weighted by Crippen LogP contribution is -2.74. The predicted molar refractivity (Wildman–Crippen MR) is 459 cm³/mol. The normalized spacial score (nSPS) is 12.5. The van der Waals surface area contributed by atoms with Crippen molar-refractivity contribution in [3.8, 4) is 33.4 Å². The van der Waals surface area contributed by atoms with Crippen LogP contribution in [0, 0.1) is 6.92 Å². The molecule has 512 valence electrons. The van der Waals surface area contributed by atoms with Gasteiger partial charge in [0.05, 0.1) is 33.9 Å². The summed E-state index contributed by atoms with van der Waals surface area (Å²) in [6.45, 7) is 2.18. The van der Waals surface area contributed by atoms with E-state index >= 15 is 0 Å². The number of hydrogen-bond acceptors (Lipinski definition) is 4. The molecule has 0 radical (unpaired) electrons. The average Bonchev–Trinajstić information content (AvgIpc) is 1.52. The molecule has 4 nitrogen and oxygen atoms in total. The maximum absolute atomic E-state index is 7.40. The highest BCUT2D eigenvalue weighted by Crippen LogP contribution is 2.62. The summed E-state index contributed by atoms with van der Waals surface area (Å²) in [5.74, 6) is 0. The summed E-state index contributed by atoms with van der Waals surface area (Å²) in [7, 11) is -2.97. The lowest BCUT2D eigenvalue weighted by molar-refractivity contribution is 0.669. The molecule has 5 heteroatoms. The zero-order valence-corrected chi connectivity index (χ0v) is 60.9. The van der Waals surface area contributed by atoms with Gasteiger partial charge >= 0.3 is 0 Å². The Morgan fingerprint density at radius 1 is 0.257 bits per heavy atom. The largest absolute Gasteiger partial charge is 0.454 e. The minimum atomic E-state index is -2.97. The predicted octanol–water partition coefficient (Wildman–Crippen LogP) is 25.3. The summed E-state index contributed by atoms with van der Waals surface area (Å²) >= 11 is 0. The number of benzene rings is 18. The number of rotatable bonds is 14. The SMILES string of the molecule is Cc1cccc(-c2cc(N(c3cccc4ccccc34)c3cc4c(c5ccccc35)-c3ccc(N(c5cccc6ccccc56)c5cc(-c6cccc([Si](c7ccccc7)(c7ccccc7)c7ccccc7)c6)cc6c5oc5ccccc56)cc3C4(c3ccccc3)c3ccccc3)c3oc4ccccc4c3c2)c1. The Kier molecular flexibility index (Phi) is 15.0. The molecule has 0 saturated carbocycles. The summed E-state index contributed by atoms with van der Waals surface area (Å²) in [4.78, 5) is 5.04. The van der Waals surface area contributed by atoms with E-state index in [2.05, 4.69) is 423 Å². The Morgan fingerprint density at radius 3 is 1.22 bits per heavy atom. The van der Waals surface area contributed by atoms with Gasteiger partial charge in [0.1, 0.15) is 11.2 Å². The number of para-hydroxylation sites is 2. The van der Waals surface area contributed by atoms with E-state index in [1.54, 1.807) is 0 Å². The molecule has 18 aromatic carbocycles. The Hall–Kier alpha value is -13.8. The molecule has 0 atom stereocenters. The molecule has 2 aromatic heterocycles. The summed E-state index contributed by atoms with van der Waals surface area (Å²) in [5, 5.41) is 16.2. The molecule has 0 amide bonds. The van der Waals surface area contributed by atoms with Gasteiger partial charge in [-0.05, 0) is 166 Å². The van der Waals surface area contributed by atoms with Gasteiger partial charge in [-0.2, -0.15) is 0 Å². The number of furan rings is 2. The van der Waals surface area contributed by atoms with Crippen LogP contribution < -0.4 is 30.5 Å². The van der Waals surface area contributed by atoms with Crippen molar-refractivity contribution in [1.29, 1.82) is 0 Å². The first-order valence-electron chi connectivity index (χ1n) is 37.6. The lowest BCUT2D eigenvalue weighted by atomic mass is 9.67. The second kappa shape index (κ2) is 25.7. The van der Waals surface area contributed by atoms with E-state index in [4.69, 9.17) is 8.83 Å². The maximum atomic E-state index is 7.40. The number of anilines is 6. The standard InChI is InChI=1S/C104H70N2O2Si/c1-69-31-27-36-72(61-69)74-63-91-87-53-24-26-58-100(87)108-103(91)98(66-74)106(95-56-30-35-71-33-18-20-50-84(71)95)96-68-93-101(88-54-22-21-51-85(88)96)89-60-59-78(67-92(89)104(93,76-38-7-2-8-39-76)77-40-9-3-10-41-77)105(94-55-29-34-70-32-17-19-49-83(70)94)97-65-75(64-90-86-52-23-25-57-99(86)107-102(90)97)73-37-28-48-82(62-73)109(79-42-11-4-12-43-79,80-44-13-5-14-45-80)81-46-15-6-16-47-81/h2-68H,1H3. The van der Waals surface area contributed by atoms with Gasteiger partial charge in [0, 0.05) is 43.4 Å². The molecule has 0 fully saturated rings. The maximum Gasteiger partial charge on any atom is 0.179 e. The fraction of sp³-hybridized carbons (Fsp3) is 0.0192. The van der Waals surface area contributed by atoms with Crippen molar-refractivity contribution in [2.45, 2.75) is 12.3 Å². The van der Waals surface area contributed by atoms with Crippen molar-refractivity contribution in [2.24, 2.45) is 0 Å². The number of aryl methyl sites for hydroxylation is 1. The van der Waals surface area contributed by atoms with Crippen molar-refractivity contribution in [3.63, 3.8) is 0 Å². The molecule has 21 rings (SSSR count). The van der Waals surface area contributed by atoms with Gasteiger partial charge in [0.25, 0.3) is 0 Å². The van der Waals surface area contributed by atoms with Crippen molar-refractivity contribution in [2.75, 3.05) is 9.80 Å². The van der Waals surface area contributed by atoms with Gasteiger partial charge in [0.15, 0.2) is 19.2 Å². The third-order valence-corrected chi connectivity index (χ3v) is 27.8. The van der Waals surface area contributed by atoms with E-state index < -0.39 is 13.5 Å². The quantitative estimate of drug-likeness (QED) is 0.0802. The molecule has 109 heavy (non-hydrogen) atoms. The van der Waals surface area contributed by atoms with Gasteiger partial charge in [-0.1, -0.05) is 345 Å². The summed E-state index contributed by atoms with van der Waals surface area (Å²) < 4.78 is 14.7. The first kappa shape index (κ1) is 63.6. The third kappa shape index (κ3) is 10.0. The van der Waals surface area contributed by atoms with Crippen LogP contribution in [0.1, 0.15) is 27.8 Å². The molecule has 2 heterocycles. The zero-order valence-electron chi connectivity index (χ0n) is 59.9. The average molecular weight is 1410 g/mol. The van der Waals surface area contributed by atoms with Crippen molar-refractivity contribution in [3.05, 3.63) is 434 Å². The van der Waals surface area contributed by atoms with Gasteiger partial charge in [0.2, 0.25) is 0 Å². The van der Waals surface area contributed by atoms with E-state index in [9.17, 15) is 0 Å². The van der Waals surface area contributed by atoms with Crippen molar-refractivity contribution in [1.82, 2.24) is 0 Å². The van der Waals surface area contributed by atoms with Gasteiger partial charge in [-0.3, -0.25) is 0 Å². The van der Waals surface area contributed by atoms with E-state index in [1.807, 2.05) is 0 Å². The van der Waals surface area contributed by atoms with Gasteiger partial charge in [-0.15, -0.1) is 0 Å². The Balaban J connectivity index is 0.851. The van der Waals surface area contributed by atoms with Gasteiger partial charge in [-0.25, -0.2) is 0 Å². The lowest BCUT2D eigenvalue weighted by Gasteiger charge is -2.36. The Labute approximate surface area is 633 Å². The van der Waals surface area contributed by atoms with Crippen LogP contribution in [-0.2, 0) is 5.41 Å². The molecule has 1 aliphatic rings. The minimum Gasteiger partial charge on any atom is -0.454 e. The molecule has 0 N–H and O–H groups in total. The van der Waals surface area contributed by atoms with Gasteiger partial charge < -0.3 is 18.6 Å². The molecule has 0 aliphatic heterocycles. The monoisotopic (exact) mass is 1410 g/mol.